The largest absolute Gasteiger partial charge is 0.454 e. The van der Waals surface area contributed by atoms with E-state index in [0.29, 0.717) is 5.56 Å². The summed E-state index contributed by atoms with van der Waals surface area (Å²) in [5.74, 6) is -0.869. The molecule has 0 saturated heterocycles. The summed E-state index contributed by atoms with van der Waals surface area (Å²) in [6.45, 7) is 1.73. The molecular formula is C18H15ClN2O3. The first-order valence-electron chi connectivity index (χ1n) is 7.51. The summed E-state index contributed by atoms with van der Waals surface area (Å²) in [4.78, 5) is 31.2. The Bertz CT molecular complexity index is 900. The minimum atomic E-state index is -0.610. The van der Waals surface area contributed by atoms with Gasteiger partial charge in [0.2, 0.25) is 5.78 Å². The summed E-state index contributed by atoms with van der Waals surface area (Å²) in [5.41, 5.74) is 2.84. The molecule has 0 aliphatic rings. The molecule has 3 aromatic rings. The van der Waals surface area contributed by atoms with Crippen LogP contribution in [0.4, 0.5) is 0 Å². The van der Waals surface area contributed by atoms with E-state index in [1.165, 1.54) is 18.3 Å². The first-order valence-corrected chi connectivity index (χ1v) is 7.88. The summed E-state index contributed by atoms with van der Waals surface area (Å²) in [7, 11) is 0. The number of nitrogens with one attached hydrogen (secondary N) is 1. The van der Waals surface area contributed by atoms with Crippen LogP contribution in [-0.4, -0.2) is 28.3 Å². The van der Waals surface area contributed by atoms with E-state index in [2.05, 4.69) is 16.9 Å². The third-order valence-electron chi connectivity index (χ3n) is 3.78. The van der Waals surface area contributed by atoms with Gasteiger partial charge in [0.25, 0.3) is 0 Å². The van der Waals surface area contributed by atoms with Gasteiger partial charge < -0.3 is 9.72 Å². The van der Waals surface area contributed by atoms with Crippen LogP contribution < -0.4 is 0 Å². The highest BCUT2D eigenvalue weighted by Gasteiger charge is 2.16. The van der Waals surface area contributed by atoms with E-state index >= 15 is 0 Å². The molecule has 0 aliphatic heterocycles. The number of benzene rings is 1. The number of aryl methyl sites for hydroxylation is 1. The van der Waals surface area contributed by atoms with Gasteiger partial charge in [0, 0.05) is 28.9 Å². The third-order valence-corrected chi connectivity index (χ3v) is 4.00. The summed E-state index contributed by atoms with van der Waals surface area (Å²) in [5, 5.41) is 1.12. The van der Waals surface area contributed by atoms with Crippen LogP contribution in [0.1, 0.15) is 33.2 Å². The molecule has 0 unspecified atom stereocenters. The maximum atomic E-state index is 12.4. The van der Waals surface area contributed by atoms with Gasteiger partial charge in [-0.1, -0.05) is 36.7 Å². The van der Waals surface area contributed by atoms with Gasteiger partial charge in [0.05, 0.1) is 5.56 Å². The number of hydrogen-bond acceptors (Lipinski definition) is 4. The number of ether oxygens (including phenoxy) is 1. The Morgan fingerprint density at radius 1 is 1.25 bits per heavy atom. The number of fused-ring (bicyclic) bond motifs is 1. The highest BCUT2D eigenvalue weighted by Crippen LogP contribution is 2.22. The van der Waals surface area contributed by atoms with Crippen LogP contribution in [-0.2, 0) is 11.2 Å². The number of carbonyl (C=O) groups excluding carboxylic acids is 2. The monoisotopic (exact) mass is 342 g/mol. The summed E-state index contributed by atoms with van der Waals surface area (Å²) >= 11 is 5.67. The number of ketones is 1. The molecule has 0 saturated carbocycles. The molecular weight excluding hydrogens is 328 g/mol. The van der Waals surface area contributed by atoms with E-state index in [-0.39, 0.29) is 23.1 Å². The molecule has 0 aliphatic carbocycles. The second-order valence-electron chi connectivity index (χ2n) is 5.26. The van der Waals surface area contributed by atoms with Crippen molar-refractivity contribution in [1.29, 1.82) is 0 Å². The molecule has 122 valence electrons. The fraction of sp³-hybridized carbons (Fsp3) is 0.167. The molecule has 1 N–H and O–H groups in total. The van der Waals surface area contributed by atoms with E-state index in [1.54, 1.807) is 6.20 Å². The first kappa shape index (κ1) is 16.2. The highest BCUT2D eigenvalue weighted by molar-refractivity contribution is 6.29. The lowest BCUT2D eigenvalue weighted by Gasteiger charge is -2.04. The van der Waals surface area contributed by atoms with Crippen molar-refractivity contribution in [2.45, 2.75) is 13.3 Å². The number of pyridine rings is 1. The Labute approximate surface area is 143 Å². The standard InChI is InChI=1S/C18H15ClN2O3/c1-2-11-4-3-5-13-14(9-21-17(11)13)15(22)10-24-18(23)12-6-7-16(19)20-8-12/h3-9,21H,2,10H2,1H3. The molecule has 24 heavy (non-hydrogen) atoms. The van der Waals surface area contributed by atoms with Crippen LogP contribution in [0.25, 0.3) is 10.9 Å². The van der Waals surface area contributed by atoms with Crippen molar-refractivity contribution in [2.75, 3.05) is 6.61 Å². The molecule has 5 nitrogen and oxygen atoms in total. The molecule has 0 spiro atoms. The SMILES string of the molecule is CCc1cccc2c(C(=O)COC(=O)c3ccc(Cl)nc3)c[nH]c12. The minimum Gasteiger partial charge on any atom is -0.454 e. The van der Waals surface area contributed by atoms with E-state index in [0.717, 1.165) is 22.9 Å². The van der Waals surface area contributed by atoms with E-state index in [9.17, 15) is 9.59 Å². The van der Waals surface area contributed by atoms with Gasteiger partial charge in [-0.3, -0.25) is 4.79 Å². The van der Waals surface area contributed by atoms with Gasteiger partial charge in [-0.05, 0) is 24.1 Å². The molecule has 0 radical (unpaired) electrons. The molecule has 0 amide bonds. The average Bonchev–Trinajstić information content (AvgIpc) is 3.04. The zero-order valence-electron chi connectivity index (χ0n) is 13.0. The Morgan fingerprint density at radius 3 is 2.79 bits per heavy atom. The molecule has 0 bridgehead atoms. The Kier molecular flexibility index (Phi) is 4.62. The van der Waals surface area contributed by atoms with Crippen molar-refractivity contribution in [3.63, 3.8) is 0 Å². The van der Waals surface area contributed by atoms with Crippen molar-refractivity contribution in [2.24, 2.45) is 0 Å². The zero-order chi connectivity index (χ0) is 17.1. The molecule has 1 aromatic carbocycles. The van der Waals surface area contributed by atoms with Crippen LogP contribution >= 0.6 is 11.6 Å². The predicted octanol–water partition coefficient (Wildman–Crippen LogP) is 3.82. The van der Waals surface area contributed by atoms with Crippen molar-refractivity contribution in [1.82, 2.24) is 9.97 Å². The number of Topliss-reactive ketones (excluding diaryl/α,β-unsaturated/α-hetero) is 1. The smallest absolute Gasteiger partial charge is 0.340 e. The number of esters is 1. The van der Waals surface area contributed by atoms with Gasteiger partial charge in [-0.15, -0.1) is 0 Å². The van der Waals surface area contributed by atoms with Crippen molar-refractivity contribution >= 4 is 34.3 Å². The number of H-pyrrole nitrogens is 1. The zero-order valence-corrected chi connectivity index (χ0v) is 13.8. The lowest BCUT2D eigenvalue weighted by molar-refractivity contribution is 0.0475. The van der Waals surface area contributed by atoms with Crippen molar-refractivity contribution in [3.05, 3.63) is 64.6 Å². The molecule has 2 heterocycles. The fourth-order valence-corrected chi connectivity index (χ4v) is 2.64. The number of nitrogens with zero attached hydrogens (tertiary/aromatic N) is 1. The number of hydrogen-bond donors (Lipinski definition) is 1. The summed E-state index contributed by atoms with van der Waals surface area (Å²) in [6.07, 6.45) is 3.84. The van der Waals surface area contributed by atoms with Crippen LogP contribution in [0, 0.1) is 0 Å². The van der Waals surface area contributed by atoms with Crippen molar-refractivity contribution < 1.29 is 14.3 Å². The van der Waals surface area contributed by atoms with Crippen LogP contribution in [0.3, 0.4) is 0 Å². The van der Waals surface area contributed by atoms with Crippen LogP contribution in [0.2, 0.25) is 5.15 Å². The maximum Gasteiger partial charge on any atom is 0.340 e. The third kappa shape index (κ3) is 3.16. The predicted molar refractivity (Wildman–Crippen MR) is 91.5 cm³/mol. The Balaban J connectivity index is 1.74. The Morgan fingerprint density at radius 2 is 2.08 bits per heavy atom. The number of aromatic amines is 1. The lowest BCUT2D eigenvalue weighted by atomic mass is 10.1. The van der Waals surface area contributed by atoms with Gasteiger partial charge in [-0.2, -0.15) is 0 Å². The lowest BCUT2D eigenvalue weighted by Crippen LogP contribution is -2.14. The van der Waals surface area contributed by atoms with Crippen molar-refractivity contribution in [3.8, 4) is 0 Å². The van der Waals surface area contributed by atoms with Crippen LogP contribution in [0.15, 0.2) is 42.7 Å². The Hall–Kier alpha value is -2.66. The molecule has 0 fully saturated rings. The number of rotatable bonds is 5. The number of halogens is 1. The van der Waals surface area contributed by atoms with Gasteiger partial charge in [-0.25, -0.2) is 9.78 Å². The van der Waals surface area contributed by atoms with E-state index in [4.69, 9.17) is 16.3 Å². The quantitative estimate of drug-likeness (QED) is 0.434. The number of aromatic nitrogens is 2. The second kappa shape index (κ2) is 6.84. The minimum absolute atomic E-state index is 0.249. The number of para-hydroxylation sites is 1. The van der Waals surface area contributed by atoms with Gasteiger partial charge >= 0.3 is 5.97 Å². The van der Waals surface area contributed by atoms with Gasteiger partial charge in [0.1, 0.15) is 5.15 Å². The second-order valence-corrected chi connectivity index (χ2v) is 5.65. The van der Waals surface area contributed by atoms with Crippen LogP contribution in [0.5, 0.6) is 0 Å². The average molecular weight is 343 g/mol. The molecule has 6 heteroatoms. The molecule has 2 aromatic heterocycles. The fourth-order valence-electron chi connectivity index (χ4n) is 2.53. The molecule has 3 rings (SSSR count). The summed E-state index contributed by atoms with van der Waals surface area (Å²) < 4.78 is 5.07. The first-order chi connectivity index (χ1) is 11.6. The maximum absolute atomic E-state index is 12.4. The topological polar surface area (TPSA) is 72.1 Å². The highest BCUT2D eigenvalue weighted by atomic mass is 35.5. The number of carbonyl (C=O) groups is 2. The summed E-state index contributed by atoms with van der Waals surface area (Å²) in [6, 6.07) is 8.80. The normalized spacial score (nSPS) is 10.8. The molecule has 0 atom stereocenters. The van der Waals surface area contributed by atoms with E-state index in [1.807, 2.05) is 18.2 Å². The van der Waals surface area contributed by atoms with Gasteiger partial charge in [0.15, 0.2) is 6.61 Å². The van der Waals surface area contributed by atoms with E-state index < -0.39 is 5.97 Å².